The molecule has 1 N–H and O–H groups in total. The standard InChI is InChI=1S/C38H57N9O5S/c1-24-22-46(35(48)51-36(3,4)5)17-18-47(24)30-19-31(50-25(2)27-13-12-16-44(27)9)42-34(41-30)38(49)20-29(45(10)52-38)37(6)15-11-14-28-32(37)26(21-39)33(53-28)40-23-43(7)8/h19,23-25,27,29,49H,11-18,20,22H2,1-10H3/b40-23+/t24-,25+,27+,29?,37-,38?/m1/s1. The third kappa shape index (κ3) is 7.98. The minimum absolute atomic E-state index is 0.105. The van der Waals surface area contributed by atoms with Gasteiger partial charge in [0, 0.05) is 75.6 Å². The van der Waals surface area contributed by atoms with E-state index in [1.807, 2.05) is 59.8 Å². The fourth-order valence-electron chi connectivity index (χ4n) is 8.55. The number of thiophene rings is 1. The van der Waals surface area contributed by atoms with Crippen molar-refractivity contribution in [2.24, 2.45) is 4.99 Å². The molecule has 3 saturated heterocycles. The van der Waals surface area contributed by atoms with Gasteiger partial charge in [0.25, 0.3) is 0 Å². The van der Waals surface area contributed by atoms with Crippen molar-refractivity contribution in [3.8, 4) is 11.9 Å². The fourth-order valence-corrected chi connectivity index (χ4v) is 9.82. The molecule has 2 aromatic heterocycles. The van der Waals surface area contributed by atoms with E-state index in [1.165, 1.54) is 0 Å². The number of anilines is 1. The predicted molar refractivity (Wildman–Crippen MR) is 205 cm³/mol. The Morgan fingerprint density at radius 3 is 2.64 bits per heavy atom. The van der Waals surface area contributed by atoms with Crippen molar-refractivity contribution in [3.05, 3.63) is 27.9 Å². The Morgan fingerprint density at radius 1 is 1.25 bits per heavy atom. The first-order valence-corrected chi connectivity index (χ1v) is 19.7. The number of aliphatic imine (C=N–C) groups is 1. The number of fused-ring (bicyclic) bond motifs is 1. The van der Waals surface area contributed by atoms with Crippen molar-refractivity contribution in [3.63, 3.8) is 0 Å². The lowest BCUT2D eigenvalue weighted by Crippen LogP contribution is -2.55. The average molecular weight is 752 g/mol. The number of hydroxylamine groups is 2. The molecule has 0 bridgehead atoms. The number of likely N-dealkylation sites (N-methyl/N-ethyl adjacent to an activating group) is 2. The van der Waals surface area contributed by atoms with Crippen LogP contribution in [0.3, 0.4) is 0 Å². The normalized spacial score (nSPS) is 29.0. The summed E-state index contributed by atoms with van der Waals surface area (Å²) in [5.41, 5.74) is 0.491. The lowest BCUT2D eigenvalue weighted by atomic mass is 9.66. The Hall–Kier alpha value is -3.55. The first-order valence-electron chi connectivity index (χ1n) is 18.8. The number of likely N-dealkylation sites (tertiary alicyclic amines) is 1. The molecule has 0 spiro atoms. The van der Waals surface area contributed by atoms with Crippen LogP contribution in [-0.4, -0.2) is 131 Å². The average Bonchev–Trinajstić information content (AvgIpc) is 3.77. The second-order valence-electron chi connectivity index (χ2n) is 16.7. The molecule has 290 valence electrons. The highest BCUT2D eigenvalue weighted by atomic mass is 32.1. The van der Waals surface area contributed by atoms with Gasteiger partial charge in [0.15, 0.2) is 5.82 Å². The van der Waals surface area contributed by atoms with E-state index in [0.29, 0.717) is 41.9 Å². The molecule has 15 heteroatoms. The van der Waals surface area contributed by atoms with Gasteiger partial charge < -0.3 is 29.3 Å². The smallest absolute Gasteiger partial charge is 0.410 e. The van der Waals surface area contributed by atoms with E-state index in [0.717, 1.165) is 49.1 Å². The second kappa shape index (κ2) is 14.9. The highest BCUT2D eigenvalue weighted by molar-refractivity contribution is 7.16. The van der Waals surface area contributed by atoms with E-state index in [9.17, 15) is 15.2 Å². The summed E-state index contributed by atoms with van der Waals surface area (Å²) in [4.78, 5) is 43.0. The van der Waals surface area contributed by atoms with E-state index in [4.69, 9.17) is 24.3 Å². The maximum Gasteiger partial charge on any atom is 0.410 e. The number of nitriles is 1. The van der Waals surface area contributed by atoms with E-state index < -0.39 is 16.8 Å². The van der Waals surface area contributed by atoms with Crippen molar-refractivity contribution in [2.45, 2.75) is 121 Å². The van der Waals surface area contributed by atoms with Crippen LogP contribution in [-0.2, 0) is 27.2 Å². The molecular formula is C38H57N9O5S. The van der Waals surface area contributed by atoms with Crippen molar-refractivity contribution in [1.29, 1.82) is 5.26 Å². The number of carbonyl (C=O) groups excluding carboxylic acids is 1. The third-order valence-electron chi connectivity index (χ3n) is 11.1. The molecule has 2 aromatic rings. The van der Waals surface area contributed by atoms with E-state index in [-0.39, 0.29) is 42.6 Å². The minimum Gasteiger partial charge on any atom is -0.473 e. The fraction of sp³-hybridized carbons (Fsp3) is 0.711. The summed E-state index contributed by atoms with van der Waals surface area (Å²) in [5, 5.41) is 25.3. The molecule has 3 fully saturated rings. The summed E-state index contributed by atoms with van der Waals surface area (Å²) in [6, 6.07) is 4.14. The van der Waals surface area contributed by atoms with Crippen LogP contribution in [0, 0.1) is 11.3 Å². The summed E-state index contributed by atoms with van der Waals surface area (Å²) in [5.74, 6) is -0.787. The van der Waals surface area contributed by atoms with Crippen LogP contribution >= 0.6 is 11.3 Å². The number of carbonyl (C=O) groups is 1. The first-order chi connectivity index (χ1) is 24.9. The van der Waals surface area contributed by atoms with Crippen LogP contribution in [0.5, 0.6) is 5.88 Å². The van der Waals surface area contributed by atoms with Gasteiger partial charge in [0.1, 0.15) is 28.6 Å². The molecule has 14 nitrogen and oxygen atoms in total. The number of hydrogen-bond acceptors (Lipinski definition) is 13. The number of aromatic nitrogens is 2. The van der Waals surface area contributed by atoms with Crippen LogP contribution in [0.25, 0.3) is 0 Å². The lowest BCUT2D eigenvalue weighted by molar-refractivity contribution is -0.290. The largest absolute Gasteiger partial charge is 0.473 e. The molecular weight excluding hydrogens is 695 g/mol. The maximum atomic E-state index is 13.0. The Bertz CT molecular complexity index is 1740. The van der Waals surface area contributed by atoms with Crippen molar-refractivity contribution < 1.29 is 24.2 Å². The molecule has 6 rings (SSSR count). The number of aryl methyl sites for hydroxylation is 1. The van der Waals surface area contributed by atoms with Gasteiger partial charge in [0.2, 0.25) is 11.7 Å². The summed E-state index contributed by atoms with van der Waals surface area (Å²) in [7, 11) is 7.77. The summed E-state index contributed by atoms with van der Waals surface area (Å²) in [6.45, 7) is 14.3. The van der Waals surface area contributed by atoms with Gasteiger partial charge >= 0.3 is 6.09 Å². The number of rotatable bonds is 8. The van der Waals surface area contributed by atoms with Gasteiger partial charge in [-0.25, -0.2) is 14.8 Å². The molecule has 2 unspecified atom stereocenters. The van der Waals surface area contributed by atoms with Gasteiger partial charge in [-0.15, -0.1) is 11.3 Å². The molecule has 3 aliphatic heterocycles. The Balaban J connectivity index is 1.33. The molecule has 5 heterocycles. The third-order valence-corrected chi connectivity index (χ3v) is 12.3. The lowest BCUT2D eigenvalue weighted by Gasteiger charge is -2.41. The zero-order valence-electron chi connectivity index (χ0n) is 33.0. The number of hydrogen-bond donors (Lipinski definition) is 1. The number of aliphatic hydroxyl groups is 1. The van der Waals surface area contributed by atoms with Gasteiger partial charge in [-0.3, -0.25) is 9.74 Å². The molecule has 0 aromatic carbocycles. The van der Waals surface area contributed by atoms with Gasteiger partial charge in [-0.2, -0.15) is 15.3 Å². The predicted octanol–water partition coefficient (Wildman–Crippen LogP) is 5.01. The molecule has 1 aliphatic carbocycles. The highest BCUT2D eigenvalue weighted by Crippen LogP contribution is 2.53. The SMILES string of the molecule is C[C@H](Oc1cc(N2CCN(C(=O)OC(C)(C)C)C[C@H]2C)nc(C2(O)CC([C@@]3(C)CCCc4sc(/N=C/N(C)C)c(C#N)c43)N(C)O2)n1)[C@@H]1CCCN1C. The first kappa shape index (κ1) is 39.2. The van der Waals surface area contributed by atoms with Gasteiger partial charge in [0.05, 0.1) is 17.9 Å². The van der Waals surface area contributed by atoms with Crippen LogP contribution in [0.2, 0.25) is 0 Å². The number of nitrogens with zero attached hydrogens (tertiary/aromatic N) is 9. The Kier molecular flexibility index (Phi) is 11.0. The van der Waals surface area contributed by atoms with Crippen molar-refractivity contribution in [2.75, 3.05) is 59.3 Å². The topological polar surface area (TPSA) is 143 Å². The minimum atomic E-state index is -1.86. The van der Waals surface area contributed by atoms with E-state index >= 15 is 0 Å². The molecule has 6 atom stereocenters. The summed E-state index contributed by atoms with van der Waals surface area (Å²) >= 11 is 1.58. The van der Waals surface area contributed by atoms with Crippen LogP contribution < -0.4 is 9.64 Å². The van der Waals surface area contributed by atoms with Gasteiger partial charge in [-0.1, -0.05) is 6.92 Å². The van der Waals surface area contributed by atoms with E-state index in [2.05, 4.69) is 41.8 Å². The van der Waals surface area contributed by atoms with Crippen molar-refractivity contribution in [1.82, 2.24) is 29.7 Å². The van der Waals surface area contributed by atoms with Gasteiger partial charge in [-0.05, 0) is 85.9 Å². The second-order valence-corrected chi connectivity index (χ2v) is 17.8. The monoisotopic (exact) mass is 751 g/mol. The Labute approximate surface area is 318 Å². The number of ether oxygens (including phenoxy) is 2. The molecule has 4 aliphatic rings. The quantitative estimate of drug-likeness (QED) is 0.286. The molecule has 1 amide bonds. The highest BCUT2D eigenvalue weighted by Gasteiger charge is 2.56. The van der Waals surface area contributed by atoms with Crippen LogP contribution in [0.15, 0.2) is 11.1 Å². The number of piperazine rings is 1. The zero-order valence-corrected chi connectivity index (χ0v) is 33.9. The summed E-state index contributed by atoms with van der Waals surface area (Å²) in [6.07, 6.45) is 6.20. The molecule has 53 heavy (non-hydrogen) atoms. The molecule has 0 saturated carbocycles. The zero-order chi connectivity index (χ0) is 38.5. The maximum absolute atomic E-state index is 13.0. The van der Waals surface area contributed by atoms with E-state index in [1.54, 1.807) is 27.6 Å². The van der Waals surface area contributed by atoms with Crippen molar-refractivity contribution >= 4 is 34.6 Å². The molecule has 0 radical (unpaired) electrons. The summed E-state index contributed by atoms with van der Waals surface area (Å²) < 4.78 is 12.2. The van der Waals surface area contributed by atoms with Crippen LogP contribution in [0.4, 0.5) is 15.6 Å². The Morgan fingerprint density at radius 2 is 2.00 bits per heavy atom. The van der Waals surface area contributed by atoms with Crippen LogP contribution in [0.1, 0.15) is 95.5 Å². The number of amides is 1.